The van der Waals surface area contributed by atoms with E-state index in [-0.39, 0.29) is 5.75 Å². The Morgan fingerprint density at radius 2 is 1.58 bits per heavy atom. The average Bonchev–Trinajstić information content (AvgIpc) is 3.28. The summed E-state index contributed by atoms with van der Waals surface area (Å²) in [5, 5.41) is 4.93. The topological polar surface area (TPSA) is 61.9 Å². The molecule has 0 amide bonds. The maximum absolute atomic E-state index is 13.5. The van der Waals surface area contributed by atoms with Gasteiger partial charge in [-0.1, -0.05) is 54.1 Å². The number of benzene rings is 3. The van der Waals surface area contributed by atoms with Crippen LogP contribution in [-0.2, 0) is 0 Å². The van der Waals surface area contributed by atoms with Crippen LogP contribution in [0.3, 0.4) is 0 Å². The van der Waals surface area contributed by atoms with Crippen molar-refractivity contribution in [1.82, 2.24) is 19.3 Å². The minimum absolute atomic E-state index is 0.143. The molecule has 7 heteroatoms. The van der Waals surface area contributed by atoms with Gasteiger partial charge in [-0.3, -0.25) is 4.79 Å². The monoisotopic (exact) mass is 454 g/mol. The lowest BCUT2D eigenvalue weighted by Gasteiger charge is -2.14. The summed E-state index contributed by atoms with van der Waals surface area (Å²) in [6.07, 6.45) is 5.03. The number of aryl methyl sites for hydroxylation is 1. The van der Waals surface area contributed by atoms with E-state index in [9.17, 15) is 4.79 Å². The van der Waals surface area contributed by atoms with Crippen LogP contribution in [0, 0.1) is 6.92 Å². The molecule has 0 saturated carbocycles. The predicted molar refractivity (Wildman–Crippen MR) is 129 cm³/mol. The summed E-state index contributed by atoms with van der Waals surface area (Å²) in [6.45, 7) is 1.88. The van der Waals surface area contributed by atoms with Gasteiger partial charge in [0.2, 0.25) is 5.75 Å². The van der Waals surface area contributed by atoms with Crippen molar-refractivity contribution in [1.29, 1.82) is 0 Å². The molecule has 0 aliphatic heterocycles. The lowest BCUT2D eigenvalue weighted by Crippen LogP contribution is -2.23. The minimum Gasteiger partial charge on any atom is -0.449 e. The minimum atomic E-state index is -0.395. The van der Waals surface area contributed by atoms with Crippen LogP contribution in [0.1, 0.15) is 5.69 Å². The van der Waals surface area contributed by atoms with E-state index in [1.807, 2.05) is 67.7 Å². The van der Waals surface area contributed by atoms with E-state index < -0.39 is 5.56 Å². The molecule has 0 fully saturated rings. The number of ether oxygens (including phenoxy) is 1. The Hall–Kier alpha value is -4.16. The smallest absolute Gasteiger partial charge is 0.316 e. The van der Waals surface area contributed by atoms with Crippen molar-refractivity contribution >= 4 is 11.6 Å². The fourth-order valence-corrected chi connectivity index (χ4v) is 3.62. The van der Waals surface area contributed by atoms with E-state index in [1.165, 1.54) is 4.68 Å². The Labute approximate surface area is 195 Å². The van der Waals surface area contributed by atoms with Crippen molar-refractivity contribution in [2.45, 2.75) is 6.92 Å². The molecule has 6 nitrogen and oxygen atoms in total. The molecule has 0 radical (unpaired) electrons. The van der Waals surface area contributed by atoms with Gasteiger partial charge in [0.25, 0.3) is 0 Å². The highest BCUT2D eigenvalue weighted by atomic mass is 35.5. The quantitative estimate of drug-likeness (QED) is 0.334. The zero-order valence-corrected chi connectivity index (χ0v) is 18.5. The molecular weight excluding hydrogens is 436 g/mol. The van der Waals surface area contributed by atoms with Gasteiger partial charge in [-0.05, 0) is 54.4 Å². The van der Waals surface area contributed by atoms with E-state index in [2.05, 4.69) is 10.1 Å². The van der Waals surface area contributed by atoms with Gasteiger partial charge in [0.15, 0.2) is 0 Å². The summed E-state index contributed by atoms with van der Waals surface area (Å²) >= 11 is 6.00. The molecule has 0 spiro atoms. The summed E-state index contributed by atoms with van der Waals surface area (Å²) in [6, 6.07) is 24.6. The van der Waals surface area contributed by atoms with Crippen LogP contribution in [0.15, 0.2) is 102 Å². The van der Waals surface area contributed by atoms with Crippen LogP contribution in [0.5, 0.6) is 11.5 Å². The Morgan fingerprint density at radius 1 is 0.879 bits per heavy atom. The van der Waals surface area contributed by atoms with Gasteiger partial charge >= 0.3 is 5.56 Å². The number of aromatic nitrogens is 4. The molecule has 0 aliphatic carbocycles. The van der Waals surface area contributed by atoms with Gasteiger partial charge < -0.3 is 9.30 Å². The van der Waals surface area contributed by atoms with Gasteiger partial charge in [0.05, 0.1) is 23.9 Å². The first kappa shape index (κ1) is 20.7. The van der Waals surface area contributed by atoms with Gasteiger partial charge in [0.1, 0.15) is 11.4 Å². The Bertz CT molecular complexity index is 1460. The van der Waals surface area contributed by atoms with Crippen LogP contribution >= 0.6 is 11.6 Å². The second-order valence-electron chi connectivity index (χ2n) is 7.47. The maximum Gasteiger partial charge on any atom is 0.316 e. The number of imidazole rings is 1. The van der Waals surface area contributed by atoms with Crippen LogP contribution in [0.2, 0.25) is 5.02 Å². The highest BCUT2D eigenvalue weighted by Crippen LogP contribution is 2.28. The third-order valence-electron chi connectivity index (χ3n) is 5.16. The van der Waals surface area contributed by atoms with Crippen LogP contribution in [-0.4, -0.2) is 19.3 Å². The van der Waals surface area contributed by atoms with Crippen molar-refractivity contribution in [3.05, 3.63) is 119 Å². The molecule has 33 heavy (non-hydrogen) atoms. The fraction of sp³-hybridized carbons (Fsp3) is 0.0385. The highest BCUT2D eigenvalue weighted by Gasteiger charge is 2.17. The van der Waals surface area contributed by atoms with E-state index in [0.717, 1.165) is 16.8 Å². The third kappa shape index (κ3) is 4.29. The van der Waals surface area contributed by atoms with E-state index >= 15 is 0 Å². The molecule has 162 valence electrons. The summed E-state index contributed by atoms with van der Waals surface area (Å²) in [5.74, 6) is 0.684. The largest absolute Gasteiger partial charge is 0.449 e. The molecule has 0 unspecified atom stereocenters. The molecule has 2 heterocycles. The predicted octanol–water partition coefficient (Wildman–Crippen LogP) is 5.84. The number of hydrogen-bond acceptors (Lipinski definition) is 4. The summed E-state index contributed by atoms with van der Waals surface area (Å²) < 4.78 is 9.15. The molecule has 5 rings (SSSR count). The normalized spacial score (nSPS) is 10.8. The zero-order chi connectivity index (χ0) is 22.8. The molecule has 0 aliphatic rings. The second-order valence-corrected chi connectivity index (χ2v) is 7.90. The maximum atomic E-state index is 13.5. The van der Waals surface area contributed by atoms with Crippen molar-refractivity contribution in [2.75, 3.05) is 0 Å². The molecule has 0 bridgehead atoms. The van der Waals surface area contributed by atoms with Crippen LogP contribution < -0.4 is 10.3 Å². The molecule has 5 aromatic rings. The first-order valence-electron chi connectivity index (χ1n) is 10.3. The Kier molecular flexibility index (Phi) is 5.50. The van der Waals surface area contributed by atoms with Gasteiger partial charge in [0, 0.05) is 11.2 Å². The number of nitrogens with zero attached hydrogens (tertiary/aromatic N) is 4. The van der Waals surface area contributed by atoms with Gasteiger partial charge in [-0.25, -0.2) is 4.98 Å². The second kappa shape index (κ2) is 8.76. The third-order valence-corrected chi connectivity index (χ3v) is 5.41. The van der Waals surface area contributed by atoms with Gasteiger partial charge in [-0.15, -0.1) is 0 Å². The molecule has 0 N–H and O–H groups in total. The standard InChI is InChI=1S/C26H19ClN4O2/c1-18-16-30(17-28-18)24-15-29-31(22-11-9-21(27)10-12-22)26(32)25(24)33-23-13-7-20(8-14-23)19-5-3-2-4-6-19/h2-17H,1H3. The molecular formula is C26H19ClN4O2. The molecule has 0 saturated heterocycles. The number of halogens is 1. The van der Waals surface area contributed by atoms with Crippen LogP contribution in [0.4, 0.5) is 0 Å². The van der Waals surface area contributed by atoms with Crippen molar-refractivity contribution in [3.63, 3.8) is 0 Å². The van der Waals surface area contributed by atoms with E-state index in [0.29, 0.717) is 22.1 Å². The van der Waals surface area contributed by atoms with E-state index in [4.69, 9.17) is 16.3 Å². The fourth-order valence-electron chi connectivity index (χ4n) is 3.49. The van der Waals surface area contributed by atoms with Crippen molar-refractivity contribution < 1.29 is 4.74 Å². The Morgan fingerprint density at radius 3 is 2.24 bits per heavy atom. The number of hydrogen-bond donors (Lipinski definition) is 0. The SMILES string of the molecule is Cc1cn(-c2cnn(-c3ccc(Cl)cc3)c(=O)c2Oc2ccc(-c3ccccc3)cc2)cn1. The van der Waals surface area contributed by atoms with Crippen molar-refractivity contribution in [2.24, 2.45) is 0 Å². The molecule has 3 aromatic carbocycles. The van der Waals surface area contributed by atoms with Gasteiger partial charge in [-0.2, -0.15) is 9.78 Å². The van der Waals surface area contributed by atoms with Crippen LogP contribution in [0.25, 0.3) is 22.5 Å². The van der Waals surface area contributed by atoms with Crippen molar-refractivity contribution in [3.8, 4) is 34.0 Å². The van der Waals surface area contributed by atoms with E-state index in [1.54, 1.807) is 41.4 Å². The summed E-state index contributed by atoms with van der Waals surface area (Å²) in [7, 11) is 0. The average molecular weight is 455 g/mol. The first-order chi connectivity index (χ1) is 16.1. The highest BCUT2D eigenvalue weighted by molar-refractivity contribution is 6.30. The number of rotatable bonds is 5. The summed E-state index contributed by atoms with van der Waals surface area (Å²) in [4.78, 5) is 17.7. The Balaban J connectivity index is 1.57. The molecule has 0 atom stereocenters. The zero-order valence-electron chi connectivity index (χ0n) is 17.7. The summed E-state index contributed by atoms with van der Waals surface area (Å²) in [5.41, 5.74) is 3.66. The molecule has 2 aromatic heterocycles. The lowest BCUT2D eigenvalue weighted by atomic mass is 10.1. The lowest BCUT2D eigenvalue weighted by molar-refractivity contribution is 0.464. The first-order valence-corrected chi connectivity index (χ1v) is 10.7.